The zero-order chi connectivity index (χ0) is 11.8. The van der Waals surface area contributed by atoms with E-state index in [9.17, 15) is 9.59 Å². The van der Waals surface area contributed by atoms with Crippen LogP contribution in [0.3, 0.4) is 0 Å². The fourth-order valence-corrected chi connectivity index (χ4v) is 1.13. The van der Waals surface area contributed by atoms with Crippen molar-refractivity contribution in [1.82, 2.24) is 0 Å². The van der Waals surface area contributed by atoms with E-state index in [2.05, 4.69) is 0 Å². The molecular weight excluding hydrogens is 198 g/mol. The molecule has 0 aliphatic carbocycles. The lowest BCUT2D eigenvalue weighted by molar-refractivity contribution is -0.143. The van der Waals surface area contributed by atoms with Crippen molar-refractivity contribution in [2.75, 3.05) is 0 Å². The number of rotatable bonds is 7. The smallest absolute Gasteiger partial charge is 0.320 e. The van der Waals surface area contributed by atoms with Gasteiger partial charge in [-0.3, -0.25) is 9.59 Å². The van der Waals surface area contributed by atoms with Gasteiger partial charge in [0.2, 0.25) is 0 Å². The number of hydrogen-bond donors (Lipinski definition) is 3. The summed E-state index contributed by atoms with van der Waals surface area (Å²) >= 11 is 0. The molecule has 0 aromatic rings. The Morgan fingerprint density at radius 3 is 2.27 bits per heavy atom. The Labute approximate surface area is 88.6 Å². The first-order valence-corrected chi connectivity index (χ1v) is 4.85. The normalized spacial score (nSPS) is 15.1. The van der Waals surface area contributed by atoms with Gasteiger partial charge in [0.05, 0.1) is 5.92 Å². The first-order chi connectivity index (χ1) is 6.99. The maximum atomic E-state index is 10.8. The van der Waals surface area contributed by atoms with Crippen LogP contribution in [0.25, 0.3) is 0 Å². The topological polar surface area (TPSA) is 101 Å². The van der Waals surface area contributed by atoms with Gasteiger partial charge in [-0.2, -0.15) is 0 Å². The Bertz CT molecular complexity index is 250. The largest absolute Gasteiger partial charge is 0.481 e. The molecule has 15 heavy (non-hydrogen) atoms. The van der Waals surface area contributed by atoms with Crippen molar-refractivity contribution in [3.8, 4) is 0 Å². The third kappa shape index (κ3) is 5.85. The van der Waals surface area contributed by atoms with Crippen LogP contribution in [0.1, 0.15) is 26.2 Å². The molecule has 0 aliphatic heterocycles. The van der Waals surface area contributed by atoms with E-state index in [4.69, 9.17) is 15.9 Å². The molecule has 0 aliphatic rings. The van der Waals surface area contributed by atoms with E-state index in [1.165, 1.54) is 0 Å². The molecule has 0 spiro atoms. The van der Waals surface area contributed by atoms with Gasteiger partial charge in [0.15, 0.2) is 0 Å². The molecule has 0 saturated heterocycles. The van der Waals surface area contributed by atoms with Gasteiger partial charge in [0.1, 0.15) is 6.04 Å². The number of carbonyl (C=O) groups is 2. The molecule has 0 amide bonds. The monoisotopic (exact) mass is 215 g/mol. The number of carboxylic acid groups (broad SMARTS) is 2. The molecule has 0 saturated carbocycles. The summed E-state index contributed by atoms with van der Waals surface area (Å²) in [6, 6.07) is -1.11. The van der Waals surface area contributed by atoms with E-state index in [1.807, 2.05) is 13.0 Å². The maximum Gasteiger partial charge on any atom is 0.320 e. The molecule has 0 bridgehead atoms. The molecule has 0 aromatic carbocycles. The van der Waals surface area contributed by atoms with Gasteiger partial charge in [-0.15, -0.1) is 0 Å². The highest BCUT2D eigenvalue weighted by Crippen LogP contribution is 2.12. The van der Waals surface area contributed by atoms with Crippen molar-refractivity contribution in [3.05, 3.63) is 12.2 Å². The molecule has 0 heterocycles. The van der Waals surface area contributed by atoms with Crippen LogP contribution in [0.5, 0.6) is 0 Å². The van der Waals surface area contributed by atoms with Gasteiger partial charge < -0.3 is 15.9 Å². The second-order valence-electron chi connectivity index (χ2n) is 3.33. The predicted octanol–water partition coefficient (Wildman–Crippen LogP) is 0.845. The highest BCUT2D eigenvalue weighted by molar-refractivity contribution is 5.75. The summed E-state index contributed by atoms with van der Waals surface area (Å²) in [4.78, 5) is 21.2. The standard InChI is InChI=1S/C10H17NO4/c1-2-3-4-5-7(9(12)13)6-8(11)10(14)15/h3-4,7-8H,2,5-6,11H2,1H3,(H,12,13)(H,14,15)/b4-3-/t7-,8+/m1/s1. The maximum absolute atomic E-state index is 10.8. The van der Waals surface area contributed by atoms with Gasteiger partial charge in [0.25, 0.3) is 0 Å². The first-order valence-electron chi connectivity index (χ1n) is 4.85. The van der Waals surface area contributed by atoms with Crippen molar-refractivity contribution >= 4 is 11.9 Å². The van der Waals surface area contributed by atoms with Crippen molar-refractivity contribution in [2.45, 2.75) is 32.2 Å². The highest BCUT2D eigenvalue weighted by Gasteiger charge is 2.22. The van der Waals surface area contributed by atoms with Crippen LogP contribution in [0.15, 0.2) is 12.2 Å². The van der Waals surface area contributed by atoms with E-state index in [1.54, 1.807) is 6.08 Å². The summed E-state index contributed by atoms with van der Waals surface area (Å²) in [7, 11) is 0. The summed E-state index contributed by atoms with van der Waals surface area (Å²) < 4.78 is 0. The number of hydrogen-bond acceptors (Lipinski definition) is 3. The molecule has 0 radical (unpaired) electrons. The number of allylic oxidation sites excluding steroid dienone is 2. The third-order valence-corrected chi connectivity index (χ3v) is 2.03. The summed E-state index contributed by atoms with van der Waals surface area (Å²) in [5, 5.41) is 17.4. The van der Waals surface area contributed by atoms with Gasteiger partial charge in [-0.1, -0.05) is 19.1 Å². The highest BCUT2D eigenvalue weighted by atomic mass is 16.4. The Kier molecular flexibility index (Phi) is 6.37. The first kappa shape index (κ1) is 13.6. The third-order valence-electron chi connectivity index (χ3n) is 2.03. The number of aliphatic carboxylic acids is 2. The van der Waals surface area contributed by atoms with Crippen LogP contribution in [-0.2, 0) is 9.59 Å². The van der Waals surface area contributed by atoms with Crippen LogP contribution >= 0.6 is 0 Å². The lowest BCUT2D eigenvalue weighted by Crippen LogP contribution is -2.34. The Balaban J connectivity index is 4.22. The second-order valence-corrected chi connectivity index (χ2v) is 3.33. The SMILES string of the molecule is CC/C=C\C[C@H](C[C@H](N)C(=O)O)C(=O)O. The van der Waals surface area contributed by atoms with E-state index >= 15 is 0 Å². The minimum atomic E-state index is -1.17. The minimum Gasteiger partial charge on any atom is -0.481 e. The molecule has 4 N–H and O–H groups in total. The molecule has 86 valence electrons. The van der Waals surface area contributed by atoms with Crippen molar-refractivity contribution in [3.63, 3.8) is 0 Å². The van der Waals surface area contributed by atoms with Crippen LogP contribution in [-0.4, -0.2) is 28.2 Å². The summed E-state index contributed by atoms with van der Waals surface area (Å²) in [5.41, 5.74) is 5.27. The second kappa shape index (κ2) is 7.00. The molecular formula is C10H17NO4. The van der Waals surface area contributed by atoms with Crippen molar-refractivity contribution in [2.24, 2.45) is 11.7 Å². The fourth-order valence-electron chi connectivity index (χ4n) is 1.13. The molecule has 0 unspecified atom stereocenters. The van der Waals surface area contributed by atoms with E-state index < -0.39 is 23.9 Å². The molecule has 5 heteroatoms. The summed E-state index contributed by atoms with van der Waals surface area (Å²) in [6.07, 6.45) is 4.70. The molecule has 0 rings (SSSR count). The lowest BCUT2D eigenvalue weighted by atomic mass is 9.96. The number of carboxylic acids is 2. The molecule has 2 atom stereocenters. The molecule has 5 nitrogen and oxygen atoms in total. The van der Waals surface area contributed by atoms with Gasteiger partial charge in [-0.05, 0) is 19.3 Å². The minimum absolute atomic E-state index is 0.0429. The Morgan fingerprint density at radius 2 is 1.87 bits per heavy atom. The van der Waals surface area contributed by atoms with Gasteiger partial charge in [-0.25, -0.2) is 0 Å². The fraction of sp³-hybridized carbons (Fsp3) is 0.600. The predicted molar refractivity (Wildman–Crippen MR) is 55.4 cm³/mol. The van der Waals surface area contributed by atoms with E-state index in [0.29, 0.717) is 6.42 Å². The van der Waals surface area contributed by atoms with Crippen LogP contribution in [0, 0.1) is 5.92 Å². The van der Waals surface area contributed by atoms with E-state index in [0.717, 1.165) is 6.42 Å². The lowest BCUT2D eigenvalue weighted by Gasteiger charge is -2.12. The summed E-state index contributed by atoms with van der Waals surface area (Å²) in [6.45, 7) is 1.94. The molecule has 0 aromatic heterocycles. The van der Waals surface area contributed by atoms with Crippen molar-refractivity contribution in [1.29, 1.82) is 0 Å². The quantitative estimate of drug-likeness (QED) is 0.546. The zero-order valence-electron chi connectivity index (χ0n) is 8.72. The summed E-state index contributed by atoms with van der Waals surface area (Å²) in [5.74, 6) is -2.90. The zero-order valence-corrected chi connectivity index (χ0v) is 8.72. The molecule has 0 fully saturated rings. The van der Waals surface area contributed by atoms with E-state index in [-0.39, 0.29) is 6.42 Å². The number of nitrogens with two attached hydrogens (primary N) is 1. The van der Waals surface area contributed by atoms with Crippen LogP contribution in [0.2, 0.25) is 0 Å². The van der Waals surface area contributed by atoms with Gasteiger partial charge >= 0.3 is 11.9 Å². The van der Waals surface area contributed by atoms with Crippen LogP contribution < -0.4 is 5.73 Å². The average molecular weight is 215 g/mol. The Morgan fingerprint density at radius 1 is 1.27 bits per heavy atom. The Hall–Kier alpha value is -1.36. The average Bonchev–Trinajstić information content (AvgIpc) is 2.15. The van der Waals surface area contributed by atoms with Gasteiger partial charge in [0, 0.05) is 0 Å². The van der Waals surface area contributed by atoms with Crippen molar-refractivity contribution < 1.29 is 19.8 Å². The van der Waals surface area contributed by atoms with Crippen LogP contribution in [0.4, 0.5) is 0 Å².